The molecule has 7 heteroatoms. The van der Waals surface area contributed by atoms with Crippen LogP contribution in [0.3, 0.4) is 0 Å². The van der Waals surface area contributed by atoms with Crippen molar-refractivity contribution in [2.24, 2.45) is 10.4 Å². The topological polar surface area (TPSA) is 74.8 Å². The minimum Gasteiger partial charge on any atom is -0.383 e. The molecular formula is C13H29IN4O2. The van der Waals surface area contributed by atoms with E-state index >= 15 is 0 Å². The van der Waals surface area contributed by atoms with Gasteiger partial charge in [-0.15, -0.1) is 24.0 Å². The summed E-state index contributed by atoms with van der Waals surface area (Å²) in [5.41, 5.74) is -0.514. The predicted molar refractivity (Wildman–Crippen MR) is 93.7 cm³/mol. The maximum absolute atomic E-state index is 11.9. The molecule has 6 nitrogen and oxygen atoms in total. The third kappa shape index (κ3) is 9.35. The smallest absolute Gasteiger partial charge is 0.227 e. The second-order valence-electron chi connectivity index (χ2n) is 4.86. The fraction of sp³-hybridized carbons (Fsp3) is 0.846. The molecule has 0 spiro atoms. The van der Waals surface area contributed by atoms with Crippen molar-refractivity contribution in [3.63, 3.8) is 0 Å². The van der Waals surface area contributed by atoms with Crippen molar-refractivity contribution in [2.45, 2.75) is 27.7 Å². The van der Waals surface area contributed by atoms with E-state index in [1.165, 1.54) is 0 Å². The number of nitrogens with one attached hydrogen (secondary N) is 3. The lowest BCUT2D eigenvalue weighted by molar-refractivity contribution is -0.128. The molecule has 1 amide bonds. The van der Waals surface area contributed by atoms with E-state index in [0.29, 0.717) is 32.2 Å². The molecule has 0 rings (SSSR count). The van der Waals surface area contributed by atoms with Gasteiger partial charge in [0.1, 0.15) is 0 Å². The van der Waals surface area contributed by atoms with Crippen LogP contribution in [-0.2, 0) is 9.53 Å². The summed E-state index contributed by atoms with van der Waals surface area (Å²) < 4.78 is 4.98. The number of hydrogen-bond donors (Lipinski definition) is 3. The van der Waals surface area contributed by atoms with Gasteiger partial charge in [-0.05, 0) is 27.7 Å². The zero-order valence-electron chi connectivity index (χ0n) is 13.2. The van der Waals surface area contributed by atoms with Gasteiger partial charge < -0.3 is 20.7 Å². The van der Waals surface area contributed by atoms with Crippen LogP contribution in [0.5, 0.6) is 0 Å². The first-order valence-electron chi connectivity index (χ1n) is 6.77. The standard InChI is InChI=1S/C13H28N4O2.HI/c1-6-14-11(18)13(3,4)10-17-12(15-7-2)16-8-9-19-5;/h6-10H2,1-5H3,(H,14,18)(H2,15,16,17);1H. The number of carbonyl (C=O) groups is 1. The Morgan fingerprint density at radius 3 is 2.25 bits per heavy atom. The molecule has 0 unspecified atom stereocenters. The second kappa shape index (κ2) is 12.2. The summed E-state index contributed by atoms with van der Waals surface area (Å²) in [6.45, 7) is 10.8. The highest BCUT2D eigenvalue weighted by Gasteiger charge is 2.26. The van der Waals surface area contributed by atoms with Gasteiger partial charge in [-0.3, -0.25) is 9.79 Å². The van der Waals surface area contributed by atoms with E-state index in [1.54, 1.807) is 7.11 Å². The summed E-state index contributed by atoms with van der Waals surface area (Å²) in [5, 5.41) is 9.11. The van der Waals surface area contributed by atoms with Crippen LogP contribution < -0.4 is 16.0 Å². The second-order valence-corrected chi connectivity index (χ2v) is 4.86. The molecule has 0 saturated carbocycles. The molecule has 0 fully saturated rings. The van der Waals surface area contributed by atoms with E-state index in [2.05, 4.69) is 20.9 Å². The van der Waals surface area contributed by atoms with Crippen LogP contribution >= 0.6 is 24.0 Å². The molecule has 0 aliphatic rings. The van der Waals surface area contributed by atoms with Crippen LogP contribution in [0, 0.1) is 5.41 Å². The molecule has 0 heterocycles. The molecule has 120 valence electrons. The van der Waals surface area contributed by atoms with Crippen LogP contribution in [-0.4, -0.2) is 51.8 Å². The highest BCUT2D eigenvalue weighted by Crippen LogP contribution is 2.15. The van der Waals surface area contributed by atoms with Crippen LogP contribution in [0.25, 0.3) is 0 Å². The highest BCUT2D eigenvalue weighted by molar-refractivity contribution is 14.0. The SMILES string of the molecule is CCNC(=O)C(C)(C)CN=C(NCC)NCCOC.I. The van der Waals surface area contributed by atoms with Gasteiger partial charge in [0.2, 0.25) is 5.91 Å². The number of carbonyl (C=O) groups excluding carboxylic acids is 1. The molecule has 0 atom stereocenters. The molecule has 20 heavy (non-hydrogen) atoms. The van der Waals surface area contributed by atoms with Crippen molar-refractivity contribution in [2.75, 3.05) is 39.9 Å². The lowest BCUT2D eigenvalue weighted by Gasteiger charge is -2.22. The minimum atomic E-state index is -0.514. The number of ether oxygens (including phenoxy) is 1. The van der Waals surface area contributed by atoms with Gasteiger partial charge in [-0.1, -0.05) is 0 Å². The number of aliphatic imine (C=N–C) groups is 1. The quantitative estimate of drug-likeness (QED) is 0.246. The number of amides is 1. The van der Waals surface area contributed by atoms with Gasteiger partial charge in [0, 0.05) is 26.7 Å². The number of halogens is 1. The molecule has 0 aromatic heterocycles. The number of nitrogens with zero attached hydrogens (tertiary/aromatic N) is 1. The fourth-order valence-corrected chi connectivity index (χ4v) is 1.36. The Morgan fingerprint density at radius 1 is 1.15 bits per heavy atom. The molecule has 0 aromatic carbocycles. The average molecular weight is 400 g/mol. The highest BCUT2D eigenvalue weighted by atomic mass is 127. The van der Waals surface area contributed by atoms with Gasteiger partial charge >= 0.3 is 0 Å². The Bertz CT molecular complexity index is 296. The van der Waals surface area contributed by atoms with E-state index in [1.807, 2.05) is 27.7 Å². The molecule has 3 N–H and O–H groups in total. The zero-order chi connectivity index (χ0) is 14.7. The Kier molecular flexibility index (Phi) is 13.2. The Labute approximate surface area is 139 Å². The van der Waals surface area contributed by atoms with E-state index in [9.17, 15) is 4.79 Å². The summed E-state index contributed by atoms with van der Waals surface area (Å²) in [6.07, 6.45) is 0. The van der Waals surface area contributed by atoms with E-state index in [4.69, 9.17) is 4.74 Å². The Balaban J connectivity index is 0. The molecular weight excluding hydrogens is 371 g/mol. The summed E-state index contributed by atoms with van der Waals surface area (Å²) in [7, 11) is 1.66. The van der Waals surface area contributed by atoms with Crippen LogP contribution in [0.2, 0.25) is 0 Å². The molecule has 0 aromatic rings. The van der Waals surface area contributed by atoms with Gasteiger partial charge in [0.25, 0.3) is 0 Å². The average Bonchev–Trinajstić information content (AvgIpc) is 2.36. The van der Waals surface area contributed by atoms with Crippen molar-refractivity contribution in [3.05, 3.63) is 0 Å². The molecule has 0 saturated heterocycles. The van der Waals surface area contributed by atoms with Crippen LogP contribution in [0.4, 0.5) is 0 Å². The molecule has 0 aliphatic carbocycles. The maximum atomic E-state index is 11.9. The van der Waals surface area contributed by atoms with Crippen molar-refractivity contribution in [1.29, 1.82) is 0 Å². The van der Waals surface area contributed by atoms with Crippen molar-refractivity contribution in [1.82, 2.24) is 16.0 Å². The minimum absolute atomic E-state index is 0. The Morgan fingerprint density at radius 2 is 1.75 bits per heavy atom. The van der Waals surface area contributed by atoms with Crippen LogP contribution in [0.15, 0.2) is 4.99 Å². The maximum Gasteiger partial charge on any atom is 0.227 e. The summed E-state index contributed by atoms with van der Waals surface area (Å²) in [6, 6.07) is 0. The lowest BCUT2D eigenvalue weighted by atomic mass is 9.92. The van der Waals surface area contributed by atoms with Gasteiger partial charge in [0.15, 0.2) is 5.96 Å². The Hall–Kier alpha value is -0.570. The zero-order valence-corrected chi connectivity index (χ0v) is 15.5. The first kappa shape index (κ1) is 21.7. The van der Waals surface area contributed by atoms with Gasteiger partial charge in [0.05, 0.1) is 18.6 Å². The van der Waals surface area contributed by atoms with Crippen LogP contribution in [0.1, 0.15) is 27.7 Å². The molecule has 0 radical (unpaired) electrons. The van der Waals surface area contributed by atoms with Crippen molar-refractivity contribution < 1.29 is 9.53 Å². The van der Waals surface area contributed by atoms with Crippen molar-refractivity contribution >= 4 is 35.8 Å². The third-order valence-corrected chi connectivity index (χ3v) is 2.53. The summed E-state index contributed by atoms with van der Waals surface area (Å²) >= 11 is 0. The normalized spacial score (nSPS) is 11.6. The number of methoxy groups -OCH3 is 1. The number of rotatable bonds is 8. The van der Waals surface area contributed by atoms with E-state index in [0.717, 1.165) is 6.54 Å². The number of guanidine groups is 1. The summed E-state index contributed by atoms with van der Waals surface area (Å²) in [4.78, 5) is 16.3. The molecule has 0 bridgehead atoms. The number of hydrogen-bond acceptors (Lipinski definition) is 3. The van der Waals surface area contributed by atoms with E-state index in [-0.39, 0.29) is 29.9 Å². The monoisotopic (exact) mass is 400 g/mol. The third-order valence-electron chi connectivity index (χ3n) is 2.53. The van der Waals surface area contributed by atoms with Crippen molar-refractivity contribution in [3.8, 4) is 0 Å². The van der Waals surface area contributed by atoms with E-state index < -0.39 is 5.41 Å². The summed E-state index contributed by atoms with van der Waals surface area (Å²) in [5.74, 6) is 0.725. The first-order valence-corrected chi connectivity index (χ1v) is 6.77. The van der Waals surface area contributed by atoms with Gasteiger partial charge in [-0.2, -0.15) is 0 Å². The van der Waals surface area contributed by atoms with Gasteiger partial charge in [-0.25, -0.2) is 0 Å². The lowest BCUT2D eigenvalue weighted by Crippen LogP contribution is -2.42. The first-order chi connectivity index (χ1) is 8.97. The molecule has 0 aliphatic heterocycles. The predicted octanol–water partition coefficient (Wildman–Crippen LogP) is 0.968. The largest absolute Gasteiger partial charge is 0.383 e. The fourth-order valence-electron chi connectivity index (χ4n) is 1.36.